The van der Waals surface area contributed by atoms with Crippen LogP contribution in [0.2, 0.25) is 0 Å². The standard InChI is InChI=1S/C47H40N4O4/c1-31-40-30-51-45(35-22-14-7-15-23-35)44(34-20-12-6-13-21-34)49-28-37-25-39(54-2)24-36(46(37)52)27-48-42(32-16-8-4-9-17-32)43(33-18-10-5-11-19-33)50-29-38(47(40)53)26-41(31)55-3/h4-31,41,52-53H,1-3H3. The Morgan fingerprint density at radius 2 is 0.873 bits per heavy atom. The number of hydrogen-bond acceptors (Lipinski definition) is 8. The van der Waals surface area contributed by atoms with Crippen LogP contribution in [-0.4, -0.2) is 50.5 Å². The Morgan fingerprint density at radius 3 is 1.25 bits per heavy atom. The minimum Gasteiger partial charge on any atom is -0.507 e. The fourth-order valence-electron chi connectivity index (χ4n) is 6.49. The highest BCUT2D eigenvalue weighted by molar-refractivity contribution is 5.83. The Labute approximate surface area is 320 Å². The molecule has 0 aliphatic heterocycles. The van der Waals surface area contributed by atoms with Gasteiger partial charge in [-0.3, -0.25) is 19.9 Å². The van der Waals surface area contributed by atoms with E-state index in [4.69, 9.17) is 29.4 Å². The molecule has 0 fully saturated rings. The van der Waals surface area contributed by atoms with Crippen LogP contribution in [0.5, 0.6) is 17.2 Å². The second-order valence-corrected chi connectivity index (χ2v) is 13.0. The Morgan fingerprint density at radius 1 is 0.491 bits per heavy atom. The molecular formula is C47H40N4O4. The number of nitrogens with zero attached hydrogens (tertiary/aromatic N) is 4. The molecule has 8 heteroatoms. The van der Waals surface area contributed by atoms with Crippen molar-refractivity contribution in [3.63, 3.8) is 0 Å². The SMILES string of the molecule is COc1cc2cnc(-c3ccccc3)c(-c3ccccc3)ncc3c(O)c(cnc(-c4ccccc4)c(-c4ccccc4)ncc(c1)c2O)=CC(OC)C3C. The quantitative estimate of drug-likeness (QED) is 0.175. The van der Waals surface area contributed by atoms with Gasteiger partial charge in [-0.05, 0) is 18.2 Å². The predicted octanol–water partition coefficient (Wildman–Crippen LogP) is 9.51. The predicted molar refractivity (Wildman–Crippen MR) is 219 cm³/mol. The number of phenolic OH excluding ortho intramolecular Hbond substituents is 1. The van der Waals surface area contributed by atoms with E-state index in [1.807, 2.05) is 134 Å². The van der Waals surface area contributed by atoms with E-state index < -0.39 is 0 Å². The summed E-state index contributed by atoms with van der Waals surface area (Å²) >= 11 is 0. The largest absolute Gasteiger partial charge is 0.507 e. The van der Waals surface area contributed by atoms with Gasteiger partial charge in [-0.15, -0.1) is 0 Å². The fourth-order valence-corrected chi connectivity index (χ4v) is 6.49. The highest BCUT2D eigenvalue weighted by atomic mass is 16.5. The minimum absolute atomic E-state index is 0.0297. The van der Waals surface area contributed by atoms with Crippen LogP contribution in [0, 0.1) is 0 Å². The minimum atomic E-state index is -0.376. The van der Waals surface area contributed by atoms with Crippen LogP contribution in [0.1, 0.15) is 18.4 Å². The molecule has 1 aliphatic rings. The summed E-state index contributed by atoms with van der Waals surface area (Å²) in [6.07, 6.45) is 8.03. The van der Waals surface area contributed by atoms with Crippen molar-refractivity contribution in [1.29, 1.82) is 0 Å². The first-order valence-electron chi connectivity index (χ1n) is 17.9. The molecule has 0 saturated carbocycles. The van der Waals surface area contributed by atoms with Gasteiger partial charge in [0.15, 0.2) is 0 Å². The summed E-state index contributed by atoms with van der Waals surface area (Å²) in [7, 11) is 3.22. The average molecular weight is 725 g/mol. The van der Waals surface area contributed by atoms with Crippen LogP contribution in [-0.2, 0) is 4.74 Å². The van der Waals surface area contributed by atoms with Gasteiger partial charge in [0, 0.05) is 81.6 Å². The van der Waals surface area contributed by atoms with Crippen molar-refractivity contribution in [2.45, 2.75) is 18.9 Å². The van der Waals surface area contributed by atoms with Crippen LogP contribution in [0.4, 0.5) is 0 Å². The van der Waals surface area contributed by atoms with Crippen molar-refractivity contribution in [2.24, 2.45) is 0 Å². The molecule has 2 atom stereocenters. The molecule has 1 heterocycles. The maximum Gasteiger partial charge on any atom is 0.133 e. The third-order valence-electron chi connectivity index (χ3n) is 9.49. The normalized spacial score (nSPS) is 14.1. The third-order valence-corrected chi connectivity index (χ3v) is 9.49. The van der Waals surface area contributed by atoms with E-state index in [1.165, 1.54) is 0 Å². The fraction of sp³-hybridized carbons (Fsp3) is 0.106. The number of hydrogen-bond donors (Lipinski definition) is 2. The summed E-state index contributed by atoms with van der Waals surface area (Å²) in [5.74, 6) is 0.267. The molecule has 0 spiro atoms. The number of fused-ring (bicyclic) bond motifs is 4. The van der Waals surface area contributed by atoms with Gasteiger partial charge >= 0.3 is 0 Å². The molecule has 272 valence electrons. The molecule has 0 radical (unpaired) electrons. The van der Waals surface area contributed by atoms with Crippen LogP contribution >= 0.6 is 0 Å². The molecule has 0 amide bonds. The Hall–Kier alpha value is -6.90. The second-order valence-electron chi connectivity index (χ2n) is 13.0. The number of benzene rings is 5. The van der Waals surface area contributed by atoms with Crippen molar-refractivity contribution in [1.82, 2.24) is 19.9 Å². The lowest BCUT2D eigenvalue weighted by atomic mass is 9.91. The molecule has 55 heavy (non-hydrogen) atoms. The highest BCUT2D eigenvalue weighted by Gasteiger charge is 2.24. The maximum atomic E-state index is 12.0. The zero-order valence-corrected chi connectivity index (χ0v) is 30.7. The zero-order valence-electron chi connectivity index (χ0n) is 30.7. The van der Waals surface area contributed by atoms with Crippen LogP contribution in [0.25, 0.3) is 61.9 Å². The summed E-state index contributed by atoms with van der Waals surface area (Å²) in [5, 5.41) is 25.0. The molecule has 8 nitrogen and oxygen atoms in total. The average Bonchev–Trinajstić information content (AvgIpc) is 3.23. The van der Waals surface area contributed by atoms with E-state index in [2.05, 4.69) is 0 Å². The zero-order chi connectivity index (χ0) is 38.1. The molecule has 0 saturated heterocycles. The summed E-state index contributed by atoms with van der Waals surface area (Å²) in [6.45, 7) is 1.99. The van der Waals surface area contributed by atoms with Crippen molar-refractivity contribution < 1.29 is 19.7 Å². The van der Waals surface area contributed by atoms with Gasteiger partial charge in [-0.25, -0.2) is 0 Å². The van der Waals surface area contributed by atoms with E-state index in [-0.39, 0.29) is 23.5 Å². The lowest BCUT2D eigenvalue weighted by Crippen LogP contribution is -2.24. The second kappa shape index (κ2) is 16.8. The Balaban J connectivity index is 1.70. The van der Waals surface area contributed by atoms with E-state index in [1.54, 1.807) is 51.1 Å². The molecule has 1 aromatic heterocycles. The lowest BCUT2D eigenvalue weighted by Gasteiger charge is -2.23. The summed E-state index contributed by atoms with van der Waals surface area (Å²) < 4.78 is 11.6. The van der Waals surface area contributed by atoms with Crippen molar-refractivity contribution in [3.05, 3.63) is 169 Å². The molecule has 6 aromatic rings. The molecule has 2 unspecified atom stereocenters. The van der Waals surface area contributed by atoms with E-state index in [9.17, 15) is 10.2 Å². The smallest absolute Gasteiger partial charge is 0.133 e. The number of aromatic nitrogens is 4. The van der Waals surface area contributed by atoms with Gasteiger partial charge in [0.05, 0.1) is 36.0 Å². The Bertz CT molecular complexity index is 2550. The third kappa shape index (κ3) is 8.05. The first kappa shape index (κ1) is 36.5. The number of ether oxygens (including phenoxy) is 2. The number of rotatable bonds is 6. The summed E-state index contributed by atoms with van der Waals surface area (Å²) in [4.78, 5) is 20.2. The Kier molecular flexibility index (Phi) is 11.2. The first-order chi connectivity index (χ1) is 26.9. The van der Waals surface area contributed by atoms with Gasteiger partial charge in [0.25, 0.3) is 0 Å². The van der Waals surface area contributed by atoms with Crippen molar-refractivity contribution in [2.75, 3.05) is 14.2 Å². The number of methoxy groups -OCH3 is 2. The van der Waals surface area contributed by atoms with Crippen molar-refractivity contribution >= 4 is 16.8 Å². The van der Waals surface area contributed by atoms with E-state index in [0.717, 1.165) is 22.3 Å². The highest BCUT2D eigenvalue weighted by Crippen LogP contribution is 2.34. The number of aromatic hydroxyl groups is 2. The van der Waals surface area contributed by atoms with Gasteiger partial charge < -0.3 is 19.7 Å². The van der Waals surface area contributed by atoms with Gasteiger partial charge in [0.2, 0.25) is 0 Å². The van der Waals surface area contributed by atoms with Gasteiger partial charge in [-0.2, -0.15) is 0 Å². The van der Waals surface area contributed by atoms with Crippen molar-refractivity contribution in [3.8, 4) is 62.3 Å². The molecule has 2 N–H and O–H groups in total. The summed E-state index contributed by atoms with van der Waals surface area (Å²) in [6, 6.07) is 42.4. The number of phenols is 1. The van der Waals surface area contributed by atoms with E-state index >= 15 is 0 Å². The molecule has 1 aliphatic carbocycles. The summed E-state index contributed by atoms with van der Waals surface area (Å²) in [5.41, 5.74) is 5.98. The van der Waals surface area contributed by atoms with Crippen LogP contribution < -0.4 is 9.96 Å². The van der Waals surface area contributed by atoms with Crippen LogP contribution in [0.15, 0.2) is 158 Å². The monoisotopic (exact) mass is 724 g/mol. The maximum absolute atomic E-state index is 12.0. The van der Waals surface area contributed by atoms with Crippen LogP contribution in [0.3, 0.4) is 0 Å². The van der Waals surface area contributed by atoms with E-state index in [0.29, 0.717) is 50.1 Å². The topological polar surface area (TPSA) is 110 Å². The molecule has 7 rings (SSSR count). The first-order valence-corrected chi connectivity index (χ1v) is 17.9. The molecule has 5 aromatic carbocycles. The lowest BCUT2D eigenvalue weighted by molar-refractivity contribution is 0.131. The molecule has 4 bridgehead atoms. The van der Waals surface area contributed by atoms with Gasteiger partial charge in [0.1, 0.15) is 17.2 Å². The molecular weight excluding hydrogens is 685 g/mol. The van der Waals surface area contributed by atoms with Gasteiger partial charge in [-0.1, -0.05) is 128 Å².